The number of allylic oxidation sites excluding steroid dienone is 2. The number of hydrogen-bond donors (Lipinski definition) is 10. The number of rotatable bonds is 13. The summed E-state index contributed by atoms with van der Waals surface area (Å²) in [5, 5.41) is 87.2. The molecule has 3 fully saturated rings. The van der Waals surface area contributed by atoms with E-state index in [0.29, 0.717) is 36.3 Å². The summed E-state index contributed by atoms with van der Waals surface area (Å²) in [6.45, 7) is 2.25. The monoisotopic (exact) mass is 940 g/mol. The van der Waals surface area contributed by atoms with Crippen molar-refractivity contribution in [3.63, 3.8) is 0 Å². The van der Waals surface area contributed by atoms with Crippen molar-refractivity contribution in [3.05, 3.63) is 58.7 Å². The first-order valence-electron chi connectivity index (χ1n) is 21.9. The highest BCUT2D eigenvalue weighted by molar-refractivity contribution is 8.76. The highest BCUT2D eigenvalue weighted by Crippen LogP contribution is 2.44. The Balaban J connectivity index is 1.50. The highest BCUT2D eigenvalue weighted by Gasteiger charge is 2.58. The molecule has 0 amide bonds. The number of aliphatic hydroxyl groups excluding tert-OH is 5. The van der Waals surface area contributed by atoms with Crippen LogP contribution < -0.4 is 11.1 Å². The number of nitrogens with two attached hydrogens (primary N) is 1. The molecule has 1 saturated heterocycles. The van der Waals surface area contributed by atoms with Crippen LogP contribution in [0, 0.1) is 23.7 Å². The van der Waals surface area contributed by atoms with Crippen LogP contribution in [0.2, 0.25) is 0 Å². The number of guanidine groups is 1. The van der Waals surface area contributed by atoms with Gasteiger partial charge in [0.1, 0.15) is 18.3 Å². The van der Waals surface area contributed by atoms with Crippen LogP contribution in [-0.2, 0) is 33.3 Å². The molecule has 0 aromatic heterocycles. The molecule has 4 aliphatic heterocycles. The third-order valence-corrected chi connectivity index (χ3v) is 15.0. The molecule has 2 bridgehead atoms. The number of carboxylic acid groups (broad SMARTS) is 1. The number of nitrogens with zero attached hydrogens (tertiary/aromatic N) is 2. The van der Waals surface area contributed by atoms with Gasteiger partial charge in [-0.05, 0) is 70.3 Å². The van der Waals surface area contributed by atoms with Crippen molar-refractivity contribution in [1.29, 1.82) is 0 Å². The summed E-state index contributed by atoms with van der Waals surface area (Å²) in [6, 6.07) is -0.523. The van der Waals surface area contributed by atoms with E-state index in [2.05, 4.69) is 10.3 Å². The highest BCUT2D eigenvalue weighted by atomic mass is 33.1. The predicted molar refractivity (Wildman–Crippen MR) is 235 cm³/mol. The van der Waals surface area contributed by atoms with E-state index in [4.69, 9.17) is 29.4 Å². The average molecular weight is 941 g/mol. The van der Waals surface area contributed by atoms with Crippen LogP contribution in [0.4, 0.5) is 0 Å². The third-order valence-electron chi connectivity index (χ3n) is 12.5. The Morgan fingerprint density at radius 3 is 2.52 bits per heavy atom. The minimum Gasteiger partial charge on any atom is -0.478 e. The summed E-state index contributed by atoms with van der Waals surface area (Å²) < 4.78 is 30.8. The van der Waals surface area contributed by atoms with E-state index in [0.717, 1.165) is 31.3 Å². The first-order valence-corrected chi connectivity index (χ1v) is 24.4. The zero-order valence-electron chi connectivity index (χ0n) is 36.1. The largest absolute Gasteiger partial charge is 0.478 e. The number of hydrogen-bond acceptors (Lipinski definition) is 18. The van der Waals surface area contributed by atoms with E-state index in [-0.39, 0.29) is 67.5 Å². The number of carboxylic acids is 1. The second-order valence-electron chi connectivity index (χ2n) is 17.2. The van der Waals surface area contributed by atoms with Gasteiger partial charge >= 0.3 is 11.9 Å². The molecular formula is C43H64N4O15S2. The molecule has 2 saturated carbocycles. The van der Waals surface area contributed by atoms with Gasteiger partial charge in [0.05, 0.1) is 54.4 Å². The summed E-state index contributed by atoms with van der Waals surface area (Å²) in [5.74, 6) is -6.11. The van der Waals surface area contributed by atoms with Crippen LogP contribution in [-0.4, -0.2) is 170 Å². The molecule has 11 N–H and O–H groups in total. The van der Waals surface area contributed by atoms with Crippen molar-refractivity contribution in [3.8, 4) is 0 Å². The van der Waals surface area contributed by atoms with E-state index in [1.165, 1.54) is 34.0 Å². The van der Waals surface area contributed by atoms with Crippen molar-refractivity contribution < 1.29 is 74.1 Å². The van der Waals surface area contributed by atoms with Crippen LogP contribution in [0.3, 0.4) is 0 Å². The van der Waals surface area contributed by atoms with Gasteiger partial charge in [0.15, 0.2) is 18.4 Å². The normalized spacial score (nSPS) is 33.8. The Morgan fingerprint density at radius 1 is 1.09 bits per heavy atom. The Morgan fingerprint density at radius 2 is 1.84 bits per heavy atom. The van der Waals surface area contributed by atoms with E-state index < -0.39 is 85.3 Å². The Kier molecular flexibility index (Phi) is 18.1. The molecule has 4 heterocycles. The van der Waals surface area contributed by atoms with E-state index >= 15 is 0 Å². The summed E-state index contributed by atoms with van der Waals surface area (Å²) in [4.78, 5) is 33.6. The Hall–Kier alpha value is -3.19. The van der Waals surface area contributed by atoms with Gasteiger partial charge in [-0.2, -0.15) is 0 Å². The standard InChI is InChI=1S/C43H64N4O15S2/c1-23(2)59-37-41(61-34(19-51)36(52)43(37,56)57)62-40-29(14-24-6-3-4-7-24)28-10-8-25-15-47(16-30(38(53)54)35(25)46-42(44)45-12-5-13-48)27(18-50)21-63-64-22-32-26(17-49)9-11-33(32)60-39(55)31(28)20-58-40/h8,10,14,16,20,23,26-29,32-34,36-37,40-41,48-52,56-57H,3-7,9,11-13,15,17-19,21-22H2,1-2H3,(H,53,54)(H3,44,45,46). The number of ether oxygens (including phenoxy) is 5. The van der Waals surface area contributed by atoms with E-state index in [1.54, 1.807) is 30.9 Å². The number of aliphatic carboxylic acids is 1. The van der Waals surface area contributed by atoms with Crippen molar-refractivity contribution in [2.24, 2.45) is 34.4 Å². The fraction of sp³-hybridized carbons (Fsp3) is 0.698. The maximum Gasteiger partial charge on any atom is 0.339 e. The van der Waals surface area contributed by atoms with E-state index in [9.17, 15) is 50.4 Å². The second-order valence-corrected chi connectivity index (χ2v) is 19.7. The quantitative estimate of drug-likeness (QED) is 0.0230. The SMILES string of the molecule is CC(C)OC1C(OC2OC=C3C(=O)OC4CCC(CO)C4CSSCC(CO)N4C=C(C(=O)O)C(NC(N)=NCCCO)=C(C=CC3C2C=C2CCCC2)C4)OC(CO)C(O)C1(O)O. The Bertz CT molecular complexity index is 1820. The lowest BCUT2D eigenvalue weighted by Gasteiger charge is -2.48. The number of esters is 1. The molecular weight excluding hydrogens is 877 g/mol. The van der Waals surface area contributed by atoms with Gasteiger partial charge in [0.25, 0.3) is 0 Å². The van der Waals surface area contributed by atoms with Gasteiger partial charge in [0, 0.05) is 55.8 Å². The lowest BCUT2D eigenvalue weighted by atomic mass is 9.81. The zero-order chi connectivity index (χ0) is 46.1. The van der Waals surface area contributed by atoms with Crippen molar-refractivity contribution in [2.75, 3.05) is 51.0 Å². The second kappa shape index (κ2) is 23.0. The predicted octanol–water partition coefficient (Wildman–Crippen LogP) is 0.596. The van der Waals surface area contributed by atoms with Gasteiger partial charge in [-0.1, -0.05) is 45.4 Å². The fourth-order valence-corrected chi connectivity index (χ4v) is 11.8. The van der Waals surface area contributed by atoms with Crippen LogP contribution in [0.5, 0.6) is 0 Å². The molecule has 358 valence electrons. The van der Waals surface area contributed by atoms with Gasteiger partial charge in [-0.25, -0.2) is 9.59 Å². The van der Waals surface area contributed by atoms with Gasteiger partial charge in [-0.3, -0.25) is 4.99 Å². The van der Waals surface area contributed by atoms with Crippen molar-refractivity contribution in [2.45, 2.75) is 114 Å². The number of carbonyl (C=O) groups is 2. The number of fused-ring (bicyclic) bond motifs is 4. The molecule has 0 spiro atoms. The summed E-state index contributed by atoms with van der Waals surface area (Å²) in [7, 11) is 3.01. The van der Waals surface area contributed by atoms with Gasteiger partial charge in [0.2, 0.25) is 12.1 Å². The van der Waals surface area contributed by atoms with Crippen LogP contribution >= 0.6 is 21.6 Å². The van der Waals surface area contributed by atoms with Crippen molar-refractivity contribution in [1.82, 2.24) is 10.2 Å². The number of aliphatic imine (C=N–C) groups is 1. The topological polar surface area (TPSA) is 296 Å². The fourth-order valence-electron chi connectivity index (χ4n) is 8.97. The average Bonchev–Trinajstić information content (AvgIpc) is 3.93. The molecule has 11 atom stereocenters. The minimum atomic E-state index is -2.93. The first-order chi connectivity index (χ1) is 30.7. The van der Waals surface area contributed by atoms with E-state index in [1.807, 2.05) is 6.08 Å². The molecule has 19 nitrogen and oxygen atoms in total. The van der Waals surface area contributed by atoms with Crippen LogP contribution in [0.1, 0.15) is 58.8 Å². The molecule has 11 unspecified atom stereocenters. The molecule has 0 aromatic carbocycles. The molecule has 6 rings (SSSR count). The smallest absolute Gasteiger partial charge is 0.339 e. The summed E-state index contributed by atoms with van der Waals surface area (Å²) in [5.41, 5.74) is 7.79. The molecule has 2 aliphatic carbocycles. The number of aliphatic hydroxyl groups is 7. The molecule has 0 radical (unpaired) electrons. The zero-order valence-corrected chi connectivity index (χ0v) is 37.8. The van der Waals surface area contributed by atoms with Gasteiger partial charge < -0.3 is 80.5 Å². The first kappa shape index (κ1) is 50.2. The molecule has 0 aromatic rings. The lowest BCUT2D eigenvalue weighted by molar-refractivity contribution is -0.413. The van der Waals surface area contributed by atoms with Crippen LogP contribution in [0.25, 0.3) is 0 Å². The maximum atomic E-state index is 14.6. The summed E-state index contributed by atoms with van der Waals surface area (Å²) >= 11 is 0. The molecule has 64 heavy (non-hydrogen) atoms. The minimum absolute atomic E-state index is 0.0877. The number of nitrogens with one attached hydrogen (secondary N) is 1. The Labute approximate surface area is 380 Å². The third kappa shape index (κ3) is 11.8. The van der Waals surface area contributed by atoms with Gasteiger partial charge in [-0.15, -0.1) is 0 Å². The lowest BCUT2D eigenvalue weighted by Crippen LogP contribution is -2.69. The molecule has 6 aliphatic rings. The maximum absolute atomic E-state index is 14.6. The summed E-state index contributed by atoms with van der Waals surface area (Å²) in [6.07, 6.45) is 3.65. The number of carbonyl (C=O) groups excluding carboxylic acids is 1. The van der Waals surface area contributed by atoms with Crippen LogP contribution in [0.15, 0.2) is 63.7 Å². The molecule has 21 heteroatoms. The van der Waals surface area contributed by atoms with Crippen molar-refractivity contribution >= 4 is 39.5 Å².